The standard InChI is InChI=1S/C39H33N3O5S/c1-2-35(38(45)40-31-22-20-30(21-23-31)39(46)47)48-33-15-9-14-32(25-33)41-37(44)34(42-36(43)29-12-7-4-8-13-29)24-26-16-18-28(19-17-26)27-10-5-3-6-11-27/h3-25,35H,2H2,1H3,(H,40,45)(H,41,44)(H,42,43)(H,46,47)/b34-24+. The summed E-state index contributed by atoms with van der Waals surface area (Å²) in [5.41, 5.74) is 4.42. The summed E-state index contributed by atoms with van der Waals surface area (Å²) in [6.07, 6.45) is 2.16. The molecule has 48 heavy (non-hydrogen) atoms. The van der Waals surface area contributed by atoms with E-state index in [4.69, 9.17) is 5.11 Å². The van der Waals surface area contributed by atoms with Gasteiger partial charge in [0.15, 0.2) is 0 Å². The highest BCUT2D eigenvalue weighted by molar-refractivity contribution is 8.00. The molecular formula is C39H33N3O5S. The van der Waals surface area contributed by atoms with E-state index in [2.05, 4.69) is 16.0 Å². The topological polar surface area (TPSA) is 125 Å². The van der Waals surface area contributed by atoms with Gasteiger partial charge in [0.2, 0.25) is 5.91 Å². The van der Waals surface area contributed by atoms with E-state index >= 15 is 0 Å². The van der Waals surface area contributed by atoms with Gasteiger partial charge >= 0.3 is 5.97 Å². The van der Waals surface area contributed by atoms with Crippen LogP contribution in [0.25, 0.3) is 17.2 Å². The van der Waals surface area contributed by atoms with Gasteiger partial charge in [0, 0.05) is 21.8 Å². The van der Waals surface area contributed by atoms with Gasteiger partial charge in [0.25, 0.3) is 11.8 Å². The third kappa shape index (κ3) is 9.08. The monoisotopic (exact) mass is 655 g/mol. The lowest BCUT2D eigenvalue weighted by atomic mass is 10.0. The number of nitrogens with one attached hydrogen (secondary N) is 3. The number of carboxylic acids is 1. The summed E-state index contributed by atoms with van der Waals surface area (Å²) < 4.78 is 0. The normalized spacial score (nSPS) is 11.6. The maximum atomic E-state index is 13.6. The minimum atomic E-state index is -1.04. The van der Waals surface area contributed by atoms with Crippen LogP contribution in [0.1, 0.15) is 39.6 Å². The van der Waals surface area contributed by atoms with Crippen LogP contribution >= 0.6 is 11.8 Å². The van der Waals surface area contributed by atoms with E-state index < -0.39 is 23.0 Å². The van der Waals surface area contributed by atoms with Gasteiger partial charge in [-0.15, -0.1) is 11.8 Å². The lowest BCUT2D eigenvalue weighted by Crippen LogP contribution is -2.30. The zero-order valence-electron chi connectivity index (χ0n) is 26.1. The molecule has 9 heteroatoms. The Bertz CT molecular complexity index is 1930. The number of carboxylic acid groups (broad SMARTS) is 1. The van der Waals surface area contributed by atoms with Gasteiger partial charge in [-0.05, 0) is 83.8 Å². The molecule has 5 aromatic rings. The molecule has 4 N–H and O–H groups in total. The Morgan fingerprint density at radius 1 is 0.688 bits per heavy atom. The fraction of sp³-hybridized carbons (Fsp3) is 0.0769. The summed E-state index contributed by atoms with van der Waals surface area (Å²) in [6.45, 7) is 1.90. The predicted molar refractivity (Wildman–Crippen MR) is 191 cm³/mol. The molecule has 8 nitrogen and oxygen atoms in total. The van der Waals surface area contributed by atoms with Gasteiger partial charge in [-0.25, -0.2) is 4.79 Å². The van der Waals surface area contributed by atoms with Crippen LogP contribution in [-0.2, 0) is 9.59 Å². The molecule has 5 rings (SSSR count). The zero-order valence-corrected chi connectivity index (χ0v) is 26.9. The van der Waals surface area contributed by atoms with Crippen molar-refractivity contribution in [2.75, 3.05) is 10.6 Å². The predicted octanol–water partition coefficient (Wildman–Crippen LogP) is 7.97. The Morgan fingerprint density at radius 2 is 1.33 bits per heavy atom. The summed E-state index contributed by atoms with van der Waals surface area (Å²) in [7, 11) is 0. The molecule has 240 valence electrons. The number of benzene rings is 5. The van der Waals surface area contributed by atoms with E-state index in [-0.39, 0.29) is 17.2 Å². The van der Waals surface area contributed by atoms with E-state index in [1.807, 2.05) is 73.7 Å². The van der Waals surface area contributed by atoms with Crippen molar-refractivity contribution in [3.63, 3.8) is 0 Å². The number of hydrogen-bond donors (Lipinski definition) is 4. The molecule has 0 aliphatic heterocycles. The summed E-state index contributed by atoms with van der Waals surface area (Å²) >= 11 is 1.34. The molecule has 0 aliphatic rings. The Morgan fingerprint density at radius 3 is 1.98 bits per heavy atom. The number of amides is 3. The van der Waals surface area contributed by atoms with E-state index in [9.17, 15) is 19.2 Å². The molecule has 3 amide bonds. The maximum Gasteiger partial charge on any atom is 0.335 e. The first-order valence-electron chi connectivity index (χ1n) is 15.2. The smallest absolute Gasteiger partial charge is 0.335 e. The highest BCUT2D eigenvalue weighted by Gasteiger charge is 2.20. The van der Waals surface area contributed by atoms with Crippen LogP contribution < -0.4 is 16.0 Å². The second kappa shape index (κ2) is 16.1. The average molecular weight is 656 g/mol. The summed E-state index contributed by atoms with van der Waals surface area (Å²) in [6, 6.07) is 39.4. The van der Waals surface area contributed by atoms with Crippen LogP contribution in [0.15, 0.2) is 144 Å². The Kier molecular flexibility index (Phi) is 11.2. The van der Waals surface area contributed by atoms with Crippen molar-refractivity contribution in [1.82, 2.24) is 5.32 Å². The second-order valence-electron chi connectivity index (χ2n) is 10.7. The van der Waals surface area contributed by atoms with Gasteiger partial charge in [0.05, 0.1) is 10.8 Å². The Balaban J connectivity index is 1.31. The zero-order chi connectivity index (χ0) is 33.9. The van der Waals surface area contributed by atoms with Gasteiger partial charge in [-0.3, -0.25) is 14.4 Å². The number of aromatic carboxylic acids is 1. The van der Waals surface area contributed by atoms with Crippen LogP contribution in [0.4, 0.5) is 11.4 Å². The molecule has 0 saturated heterocycles. The average Bonchev–Trinajstić information content (AvgIpc) is 3.11. The first-order valence-corrected chi connectivity index (χ1v) is 16.1. The highest BCUT2D eigenvalue weighted by atomic mass is 32.2. The molecule has 5 aromatic carbocycles. The number of thioether (sulfide) groups is 1. The third-order valence-electron chi connectivity index (χ3n) is 7.29. The molecule has 0 saturated carbocycles. The molecule has 0 heterocycles. The lowest BCUT2D eigenvalue weighted by Gasteiger charge is -2.16. The van der Waals surface area contributed by atoms with Crippen molar-refractivity contribution in [3.05, 3.63) is 156 Å². The lowest BCUT2D eigenvalue weighted by molar-refractivity contribution is -0.116. The first-order chi connectivity index (χ1) is 23.3. The molecule has 0 bridgehead atoms. The van der Waals surface area contributed by atoms with Gasteiger partial charge < -0.3 is 21.1 Å². The number of rotatable bonds is 12. The van der Waals surface area contributed by atoms with Crippen molar-refractivity contribution < 1.29 is 24.3 Å². The van der Waals surface area contributed by atoms with Gasteiger partial charge in [0.1, 0.15) is 5.70 Å². The van der Waals surface area contributed by atoms with E-state index in [0.717, 1.165) is 21.6 Å². The van der Waals surface area contributed by atoms with E-state index in [1.54, 1.807) is 60.7 Å². The molecule has 0 fully saturated rings. The molecule has 0 spiro atoms. The Labute approximate surface area is 282 Å². The van der Waals surface area contributed by atoms with Crippen molar-refractivity contribution in [1.29, 1.82) is 0 Å². The number of carbonyl (C=O) groups excluding carboxylic acids is 3. The summed E-state index contributed by atoms with van der Waals surface area (Å²) in [4.78, 5) is 51.7. The van der Waals surface area contributed by atoms with Crippen LogP contribution in [0, 0.1) is 0 Å². The van der Waals surface area contributed by atoms with Crippen LogP contribution in [0.5, 0.6) is 0 Å². The van der Waals surface area contributed by atoms with Crippen molar-refractivity contribution >= 4 is 52.9 Å². The molecule has 0 radical (unpaired) electrons. The third-order valence-corrected chi connectivity index (χ3v) is 8.65. The molecule has 1 unspecified atom stereocenters. The van der Waals surface area contributed by atoms with E-state index in [0.29, 0.717) is 23.4 Å². The number of carbonyl (C=O) groups is 4. The first kappa shape index (κ1) is 33.4. The largest absolute Gasteiger partial charge is 0.478 e. The molecular weight excluding hydrogens is 623 g/mol. The molecule has 1 atom stereocenters. The SMILES string of the molecule is CCC(Sc1cccc(NC(=O)/C(=C\c2ccc(-c3ccccc3)cc2)NC(=O)c2ccccc2)c1)C(=O)Nc1ccc(C(=O)O)cc1. The quantitative estimate of drug-likeness (QED) is 0.0798. The minimum Gasteiger partial charge on any atom is -0.478 e. The van der Waals surface area contributed by atoms with Crippen molar-refractivity contribution in [2.24, 2.45) is 0 Å². The number of hydrogen-bond acceptors (Lipinski definition) is 5. The fourth-order valence-electron chi connectivity index (χ4n) is 4.76. The number of anilines is 2. The summed E-state index contributed by atoms with van der Waals surface area (Å²) in [5.74, 6) is -2.20. The van der Waals surface area contributed by atoms with Gasteiger partial charge in [-0.2, -0.15) is 0 Å². The minimum absolute atomic E-state index is 0.0640. The van der Waals surface area contributed by atoms with Crippen LogP contribution in [0.2, 0.25) is 0 Å². The van der Waals surface area contributed by atoms with Crippen LogP contribution in [-0.4, -0.2) is 34.0 Å². The maximum absolute atomic E-state index is 13.6. The van der Waals surface area contributed by atoms with Crippen molar-refractivity contribution in [3.8, 4) is 11.1 Å². The van der Waals surface area contributed by atoms with E-state index in [1.165, 1.54) is 23.9 Å². The highest BCUT2D eigenvalue weighted by Crippen LogP contribution is 2.29. The van der Waals surface area contributed by atoms with Gasteiger partial charge in [-0.1, -0.05) is 85.8 Å². The van der Waals surface area contributed by atoms with Crippen molar-refractivity contribution in [2.45, 2.75) is 23.5 Å². The summed E-state index contributed by atoms with van der Waals surface area (Å²) in [5, 5.41) is 17.2. The second-order valence-corrected chi connectivity index (χ2v) is 12.0. The molecule has 0 aromatic heterocycles. The Hall–Kier alpha value is -5.93. The molecule has 0 aliphatic carbocycles. The fourth-order valence-corrected chi connectivity index (χ4v) is 5.78. The van der Waals surface area contributed by atoms with Crippen LogP contribution in [0.3, 0.4) is 0 Å².